The molecule has 9 nitrogen and oxygen atoms in total. The average molecular weight is 596 g/mol. The molecular formula is C35H45N7O2. The molecule has 1 unspecified atom stereocenters. The molecule has 2 aliphatic rings. The van der Waals surface area contributed by atoms with Crippen LogP contribution in [0.2, 0.25) is 0 Å². The molecule has 0 spiro atoms. The van der Waals surface area contributed by atoms with Gasteiger partial charge in [0.15, 0.2) is 5.96 Å². The van der Waals surface area contributed by atoms with Gasteiger partial charge in [-0.25, -0.2) is 0 Å². The number of guanidine groups is 1. The lowest BCUT2D eigenvalue weighted by Gasteiger charge is -2.29. The summed E-state index contributed by atoms with van der Waals surface area (Å²) in [7, 11) is 1.65. The van der Waals surface area contributed by atoms with Gasteiger partial charge in [0.05, 0.1) is 12.1 Å². The van der Waals surface area contributed by atoms with Gasteiger partial charge in [-0.1, -0.05) is 84.9 Å². The van der Waals surface area contributed by atoms with E-state index < -0.39 is 0 Å². The number of carbonyl (C=O) groups excluding carboxylic acids is 2. The molecule has 9 heteroatoms. The van der Waals surface area contributed by atoms with E-state index >= 15 is 0 Å². The third kappa shape index (κ3) is 8.24. The highest BCUT2D eigenvalue weighted by atomic mass is 16.2. The number of nitrogens with zero attached hydrogens (tertiary/aromatic N) is 2. The molecule has 0 aromatic heterocycles. The Hall–Kier alpha value is -4.21. The summed E-state index contributed by atoms with van der Waals surface area (Å²) in [6, 6.07) is 28.4. The van der Waals surface area contributed by atoms with Crippen LogP contribution in [0.25, 0.3) is 0 Å². The normalized spacial score (nSPS) is 20.6. The molecule has 1 saturated heterocycles. The number of nitrogens with one attached hydrogen (secondary N) is 4. The molecule has 232 valence electrons. The van der Waals surface area contributed by atoms with Crippen LogP contribution in [0.5, 0.6) is 0 Å². The van der Waals surface area contributed by atoms with Gasteiger partial charge >= 0.3 is 0 Å². The van der Waals surface area contributed by atoms with Gasteiger partial charge in [0.1, 0.15) is 0 Å². The maximum absolute atomic E-state index is 14.1. The van der Waals surface area contributed by atoms with Gasteiger partial charge in [0.2, 0.25) is 11.8 Å². The van der Waals surface area contributed by atoms with Crippen molar-refractivity contribution in [2.24, 2.45) is 10.7 Å². The highest BCUT2D eigenvalue weighted by Gasteiger charge is 2.33. The van der Waals surface area contributed by atoms with Gasteiger partial charge in [-0.2, -0.15) is 0 Å². The molecule has 3 aromatic carbocycles. The fourth-order valence-corrected chi connectivity index (χ4v) is 6.21. The molecule has 44 heavy (non-hydrogen) atoms. The lowest BCUT2D eigenvalue weighted by Crippen LogP contribution is -2.52. The SMILES string of the molecule is CN=C(N)NCCC[C@@H]1N[C@H](CNC(=O)C2Cc3ccccc3CN2)CCN(CC(c2ccccc2)c2ccccc2)C1=O. The Bertz CT molecular complexity index is 1360. The minimum atomic E-state index is -0.368. The molecule has 0 aliphatic carbocycles. The summed E-state index contributed by atoms with van der Waals surface area (Å²) in [5.74, 6) is 0.538. The summed E-state index contributed by atoms with van der Waals surface area (Å²) in [5, 5.41) is 13.3. The van der Waals surface area contributed by atoms with E-state index in [9.17, 15) is 9.59 Å². The van der Waals surface area contributed by atoms with Crippen molar-refractivity contribution in [3.63, 3.8) is 0 Å². The minimum absolute atomic E-state index is 0.00275. The summed E-state index contributed by atoms with van der Waals surface area (Å²) >= 11 is 0. The van der Waals surface area contributed by atoms with Crippen LogP contribution in [0.4, 0.5) is 0 Å². The number of fused-ring (bicyclic) bond motifs is 1. The van der Waals surface area contributed by atoms with Crippen molar-refractivity contribution in [2.75, 3.05) is 33.2 Å². The Balaban J connectivity index is 1.27. The van der Waals surface area contributed by atoms with Crippen molar-refractivity contribution in [3.8, 4) is 0 Å². The minimum Gasteiger partial charge on any atom is -0.370 e. The fourth-order valence-electron chi connectivity index (χ4n) is 6.21. The zero-order valence-electron chi connectivity index (χ0n) is 25.5. The van der Waals surface area contributed by atoms with Crippen LogP contribution < -0.4 is 27.0 Å². The molecular weight excluding hydrogens is 550 g/mol. The summed E-state index contributed by atoms with van der Waals surface area (Å²) in [4.78, 5) is 33.2. The van der Waals surface area contributed by atoms with E-state index in [0.29, 0.717) is 51.5 Å². The topological polar surface area (TPSA) is 124 Å². The van der Waals surface area contributed by atoms with Crippen LogP contribution in [0, 0.1) is 0 Å². The molecule has 0 bridgehead atoms. The smallest absolute Gasteiger partial charge is 0.239 e. The number of carbonyl (C=O) groups is 2. The van der Waals surface area contributed by atoms with Crippen LogP contribution in [-0.2, 0) is 22.6 Å². The van der Waals surface area contributed by atoms with E-state index in [0.717, 1.165) is 12.8 Å². The first kappa shape index (κ1) is 31.2. The standard InChI is InChI=1S/C35H45N7O2/c1-37-35(36)38-19-10-17-31-34(44)42(24-30(25-11-4-2-5-12-25)26-13-6-3-7-14-26)20-18-29(41-31)23-40-33(43)32-21-27-15-8-9-16-28(27)22-39-32/h2-9,11-16,29-32,39,41H,10,17-24H2,1H3,(H,40,43)(H3,36,37,38)/t29-,31-,32?/m0/s1. The Morgan fingerprint density at radius 3 is 2.32 bits per heavy atom. The lowest BCUT2D eigenvalue weighted by atomic mass is 9.90. The molecule has 6 N–H and O–H groups in total. The Labute approximate surface area is 260 Å². The number of aliphatic imine (C=N–C) groups is 1. The summed E-state index contributed by atoms with van der Waals surface area (Å²) in [6.45, 7) is 2.98. The molecule has 2 heterocycles. The second kappa shape index (κ2) is 15.5. The van der Waals surface area contributed by atoms with Crippen molar-refractivity contribution in [2.45, 2.75) is 56.3 Å². The lowest BCUT2D eigenvalue weighted by molar-refractivity contribution is -0.133. The molecule has 3 atom stereocenters. The van der Waals surface area contributed by atoms with Crippen molar-refractivity contribution in [3.05, 3.63) is 107 Å². The van der Waals surface area contributed by atoms with E-state index in [1.165, 1.54) is 22.3 Å². The van der Waals surface area contributed by atoms with E-state index in [-0.39, 0.29) is 35.9 Å². The van der Waals surface area contributed by atoms with Gasteiger partial charge in [0.25, 0.3) is 0 Å². The first-order chi connectivity index (χ1) is 21.5. The fraction of sp³-hybridized carbons (Fsp3) is 0.400. The van der Waals surface area contributed by atoms with Crippen molar-refractivity contribution in [1.29, 1.82) is 0 Å². The van der Waals surface area contributed by atoms with Gasteiger partial charge in [-0.05, 0) is 47.9 Å². The highest BCUT2D eigenvalue weighted by molar-refractivity contribution is 5.83. The monoisotopic (exact) mass is 595 g/mol. The van der Waals surface area contributed by atoms with Crippen LogP contribution in [-0.4, -0.2) is 74.0 Å². The largest absolute Gasteiger partial charge is 0.370 e. The zero-order valence-corrected chi connectivity index (χ0v) is 25.5. The van der Waals surface area contributed by atoms with Gasteiger partial charge in [-0.15, -0.1) is 0 Å². The van der Waals surface area contributed by atoms with E-state index in [1.807, 2.05) is 29.2 Å². The molecule has 1 fully saturated rings. The summed E-state index contributed by atoms with van der Waals surface area (Å²) < 4.78 is 0. The highest BCUT2D eigenvalue weighted by Crippen LogP contribution is 2.27. The van der Waals surface area contributed by atoms with Crippen molar-refractivity contribution in [1.82, 2.24) is 26.2 Å². The maximum atomic E-state index is 14.1. The first-order valence-corrected chi connectivity index (χ1v) is 15.7. The third-order valence-corrected chi connectivity index (χ3v) is 8.74. The first-order valence-electron chi connectivity index (χ1n) is 15.7. The Morgan fingerprint density at radius 2 is 1.64 bits per heavy atom. The molecule has 2 amide bonds. The maximum Gasteiger partial charge on any atom is 0.239 e. The quantitative estimate of drug-likeness (QED) is 0.132. The molecule has 5 rings (SSSR count). The van der Waals surface area contributed by atoms with Crippen molar-refractivity contribution >= 4 is 17.8 Å². The molecule has 0 saturated carbocycles. The van der Waals surface area contributed by atoms with Crippen LogP contribution >= 0.6 is 0 Å². The number of benzene rings is 3. The number of amides is 2. The molecule has 0 radical (unpaired) electrons. The number of nitrogens with two attached hydrogens (primary N) is 1. The Kier molecular flexibility index (Phi) is 11.0. The molecule has 3 aromatic rings. The summed E-state index contributed by atoms with van der Waals surface area (Å²) in [6.07, 6.45) is 2.81. The second-order valence-electron chi connectivity index (χ2n) is 11.7. The van der Waals surface area contributed by atoms with Crippen LogP contribution in [0.3, 0.4) is 0 Å². The summed E-state index contributed by atoms with van der Waals surface area (Å²) in [5.41, 5.74) is 10.6. The third-order valence-electron chi connectivity index (χ3n) is 8.74. The van der Waals surface area contributed by atoms with Gasteiger partial charge in [-0.3, -0.25) is 14.6 Å². The predicted molar refractivity (Wildman–Crippen MR) is 175 cm³/mol. The average Bonchev–Trinajstić information content (AvgIpc) is 3.22. The van der Waals surface area contributed by atoms with E-state index in [2.05, 4.69) is 86.9 Å². The number of hydrogen-bond acceptors (Lipinski definition) is 5. The number of rotatable bonds is 11. The zero-order chi connectivity index (χ0) is 30.7. The van der Waals surface area contributed by atoms with Gasteiger partial charge in [0, 0.05) is 51.7 Å². The van der Waals surface area contributed by atoms with Crippen LogP contribution in [0.15, 0.2) is 89.9 Å². The Morgan fingerprint density at radius 1 is 0.977 bits per heavy atom. The predicted octanol–water partition coefficient (Wildman–Crippen LogP) is 2.52. The number of hydrogen-bond donors (Lipinski definition) is 5. The van der Waals surface area contributed by atoms with E-state index in [4.69, 9.17) is 5.73 Å². The van der Waals surface area contributed by atoms with Gasteiger partial charge < -0.3 is 31.9 Å². The molecule has 2 aliphatic heterocycles. The second-order valence-corrected chi connectivity index (χ2v) is 11.7. The van der Waals surface area contributed by atoms with Crippen molar-refractivity contribution < 1.29 is 9.59 Å². The van der Waals surface area contributed by atoms with E-state index in [1.54, 1.807) is 7.05 Å². The van der Waals surface area contributed by atoms with Crippen LogP contribution in [0.1, 0.15) is 47.4 Å².